The van der Waals surface area contributed by atoms with Gasteiger partial charge in [-0.25, -0.2) is 0 Å². The summed E-state index contributed by atoms with van der Waals surface area (Å²) in [6.45, 7) is 10.5. The number of aryl methyl sites for hydroxylation is 2. The van der Waals surface area contributed by atoms with E-state index in [0.717, 1.165) is 17.7 Å². The fourth-order valence-electron chi connectivity index (χ4n) is 2.81. The van der Waals surface area contributed by atoms with Crippen molar-refractivity contribution in [2.75, 3.05) is 0 Å². The van der Waals surface area contributed by atoms with Gasteiger partial charge in [0.2, 0.25) is 0 Å². The van der Waals surface area contributed by atoms with E-state index >= 15 is 0 Å². The summed E-state index contributed by atoms with van der Waals surface area (Å²) in [5.41, 5.74) is 9.51. The Morgan fingerprint density at radius 2 is 1.81 bits per heavy atom. The van der Waals surface area contributed by atoms with E-state index in [2.05, 4.69) is 46.8 Å². The summed E-state index contributed by atoms with van der Waals surface area (Å²) in [7, 11) is 0. The van der Waals surface area contributed by atoms with Gasteiger partial charge in [0.15, 0.2) is 0 Å². The van der Waals surface area contributed by atoms with E-state index in [0.29, 0.717) is 0 Å². The molecule has 2 N–H and O–H groups in total. The van der Waals surface area contributed by atoms with Gasteiger partial charge in [0.05, 0.1) is 0 Å². The SMILES string of the molecule is Cc1cc(C)c2c(c1)C(C)(N)CC(C)(C)O2. The lowest BCUT2D eigenvalue weighted by atomic mass is 9.78. The minimum Gasteiger partial charge on any atom is -0.487 e. The molecule has 0 radical (unpaired) electrons. The average molecular weight is 219 g/mol. The molecule has 0 fully saturated rings. The van der Waals surface area contributed by atoms with Crippen molar-refractivity contribution in [3.8, 4) is 5.75 Å². The van der Waals surface area contributed by atoms with Crippen LogP contribution in [0.5, 0.6) is 5.75 Å². The zero-order valence-corrected chi connectivity index (χ0v) is 10.8. The van der Waals surface area contributed by atoms with E-state index in [9.17, 15) is 0 Å². The Hall–Kier alpha value is -1.02. The number of ether oxygens (including phenoxy) is 1. The van der Waals surface area contributed by atoms with Crippen LogP contribution >= 0.6 is 0 Å². The topological polar surface area (TPSA) is 35.2 Å². The van der Waals surface area contributed by atoms with E-state index in [1.807, 2.05) is 0 Å². The number of nitrogens with two attached hydrogens (primary N) is 1. The van der Waals surface area contributed by atoms with Crippen molar-refractivity contribution in [1.82, 2.24) is 0 Å². The molecule has 16 heavy (non-hydrogen) atoms. The summed E-state index contributed by atoms with van der Waals surface area (Å²) in [5, 5.41) is 0. The average Bonchev–Trinajstić information content (AvgIpc) is 2.05. The Morgan fingerprint density at radius 3 is 2.44 bits per heavy atom. The van der Waals surface area contributed by atoms with Crippen LogP contribution in [0.1, 0.15) is 43.9 Å². The van der Waals surface area contributed by atoms with Crippen molar-refractivity contribution in [2.45, 2.75) is 52.2 Å². The Labute approximate surface area is 97.8 Å². The molecule has 1 aliphatic heterocycles. The highest BCUT2D eigenvalue weighted by Gasteiger charge is 2.40. The van der Waals surface area contributed by atoms with Gasteiger partial charge >= 0.3 is 0 Å². The van der Waals surface area contributed by atoms with Gasteiger partial charge in [-0.15, -0.1) is 0 Å². The van der Waals surface area contributed by atoms with E-state index in [1.165, 1.54) is 11.1 Å². The molecule has 1 atom stereocenters. The van der Waals surface area contributed by atoms with E-state index < -0.39 is 0 Å². The summed E-state index contributed by atoms with van der Waals surface area (Å²) in [4.78, 5) is 0. The van der Waals surface area contributed by atoms with Gasteiger partial charge in [0.25, 0.3) is 0 Å². The van der Waals surface area contributed by atoms with Gasteiger partial charge in [-0.3, -0.25) is 0 Å². The zero-order valence-electron chi connectivity index (χ0n) is 10.8. The van der Waals surface area contributed by atoms with Crippen LogP contribution < -0.4 is 10.5 Å². The Bertz CT molecular complexity index is 433. The predicted molar refractivity (Wildman–Crippen MR) is 66.8 cm³/mol. The Morgan fingerprint density at radius 1 is 1.19 bits per heavy atom. The molecule has 0 bridgehead atoms. The highest BCUT2D eigenvalue weighted by Crippen LogP contribution is 2.43. The van der Waals surface area contributed by atoms with Crippen molar-refractivity contribution >= 4 is 0 Å². The molecule has 0 aromatic heterocycles. The second-order valence-corrected chi connectivity index (χ2v) is 5.91. The van der Waals surface area contributed by atoms with Crippen LogP contribution in [-0.4, -0.2) is 5.60 Å². The maximum Gasteiger partial charge on any atom is 0.128 e. The van der Waals surface area contributed by atoms with E-state index in [-0.39, 0.29) is 11.1 Å². The third-order valence-electron chi connectivity index (χ3n) is 3.21. The summed E-state index contributed by atoms with van der Waals surface area (Å²) >= 11 is 0. The fourth-order valence-corrected chi connectivity index (χ4v) is 2.81. The molecule has 1 heterocycles. The second kappa shape index (κ2) is 3.24. The quantitative estimate of drug-likeness (QED) is 0.728. The number of hydrogen-bond acceptors (Lipinski definition) is 2. The van der Waals surface area contributed by atoms with Crippen molar-refractivity contribution < 1.29 is 4.74 Å². The van der Waals surface area contributed by atoms with E-state index in [4.69, 9.17) is 10.5 Å². The Kier molecular flexibility index (Phi) is 2.32. The molecule has 88 valence electrons. The maximum atomic E-state index is 6.42. The minimum absolute atomic E-state index is 0.184. The molecule has 1 aromatic rings. The third kappa shape index (κ3) is 1.82. The monoisotopic (exact) mass is 219 g/mol. The number of rotatable bonds is 0. The first-order chi connectivity index (χ1) is 7.21. The van der Waals surface area contributed by atoms with E-state index in [1.54, 1.807) is 0 Å². The van der Waals surface area contributed by atoms with Crippen LogP contribution in [0.3, 0.4) is 0 Å². The first kappa shape index (κ1) is 11.5. The molecule has 2 rings (SSSR count). The molecule has 1 aliphatic rings. The normalized spacial score (nSPS) is 27.1. The molecular formula is C14H21NO. The van der Waals surface area contributed by atoms with Gasteiger partial charge in [-0.2, -0.15) is 0 Å². The van der Waals surface area contributed by atoms with Crippen molar-refractivity contribution in [3.63, 3.8) is 0 Å². The lowest BCUT2D eigenvalue weighted by Crippen LogP contribution is -2.48. The lowest BCUT2D eigenvalue weighted by molar-refractivity contribution is 0.0493. The summed E-state index contributed by atoms with van der Waals surface area (Å²) in [6.07, 6.45) is 0.843. The van der Waals surface area contributed by atoms with Gasteiger partial charge in [-0.1, -0.05) is 17.7 Å². The van der Waals surface area contributed by atoms with Crippen molar-refractivity contribution in [1.29, 1.82) is 0 Å². The van der Waals surface area contributed by atoms with Crippen LogP contribution in [0.2, 0.25) is 0 Å². The van der Waals surface area contributed by atoms with Crippen molar-refractivity contribution in [3.05, 3.63) is 28.8 Å². The van der Waals surface area contributed by atoms with Gasteiger partial charge in [-0.05, 0) is 40.2 Å². The first-order valence-corrected chi connectivity index (χ1v) is 5.81. The van der Waals surface area contributed by atoms with Crippen LogP contribution in [-0.2, 0) is 5.54 Å². The molecule has 2 heteroatoms. The van der Waals surface area contributed by atoms with Gasteiger partial charge < -0.3 is 10.5 Å². The van der Waals surface area contributed by atoms with Gasteiger partial charge in [0.1, 0.15) is 11.4 Å². The van der Waals surface area contributed by atoms with Crippen LogP contribution in [0.15, 0.2) is 12.1 Å². The third-order valence-corrected chi connectivity index (χ3v) is 3.21. The van der Waals surface area contributed by atoms with Crippen LogP contribution in [0, 0.1) is 13.8 Å². The molecular weight excluding hydrogens is 198 g/mol. The van der Waals surface area contributed by atoms with Crippen LogP contribution in [0.4, 0.5) is 0 Å². The van der Waals surface area contributed by atoms with Crippen molar-refractivity contribution in [2.24, 2.45) is 5.73 Å². The maximum absolute atomic E-state index is 6.42. The lowest BCUT2D eigenvalue weighted by Gasteiger charge is -2.43. The molecule has 0 aliphatic carbocycles. The molecule has 0 amide bonds. The molecule has 0 spiro atoms. The molecule has 1 unspecified atom stereocenters. The number of benzene rings is 1. The molecule has 0 saturated heterocycles. The highest BCUT2D eigenvalue weighted by atomic mass is 16.5. The smallest absolute Gasteiger partial charge is 0.128 e. The summed E-state index contributed by atoms with van der Waals surface area (Å²) < 4.78 is 6.06. The molecule has 1 aromatic carbocycles. The minimum atomic E-state index is -0.298. The molecule has 0 saturated carbocycles. The van der Waals surface area contributed by atoms with Crippen LogP contribution in [0.25, 0.3) is 0 Å². The number of fused-ring (bicyclic) bond motifs is 1. The summed E-state index contributed by atoms with van der Waals surface area (Å²) in [5.74, 6) is 0.979. The standard InChI is InChI=1S/C14H21NO/c1-9-6-10(2)12-11(7-9)14(5,15)8-13(3,4)16-12/h6-7H,8,15H2,1-5H3. The molecule has 2 nitrogen and oxygen atoms in total. The second-order valence-electron chi connectivity index (χ2n) is 5.91. The zero-order chi connectivity index (χ0) is 12.1. The predicted octanol–water partition coefficient (Wildman–Crippen LogP) is 3.04. The number of hydrogen-bond donors (Lipinski definition) is 1. The summed E-state index contributed by atoms with van der Waals surface area (Å²) in [6, 6.07) is 4.30. The largest absolute Gasteiger partial charge is 0.487 e. The Balaban J connectivity index is 2.64. The van der Waals surface area contributed by atoms with Gasteiger partial charge in [0, 0.05) is 17.5 Å². The first-order valence-electron chi connectivity index (χ1n) is 5.81. The fraction of sp³-hybridized carbons (Fsp3) is 0.571. The highest BCUT2D eigenvalue weighted by molar-refractivity contribution is 5.49.